The second kappa shape index (κ2) is 7.96. The quantitative estimate of drug-likeness (QED) is 0.619. The summed E-state index contributed by atoms with van der Waals surface area (Å²) in [5.41, 5.74) is 6.99. The molecule has 3 aromatic rings. The highest BCUT2D eigenvalue weighted by Crippen LogP contribution is 2.40. The van der Waals surface area contributed by atoms with E-state index in [1.807, 2.05) is 23.6 Å². The van der Waals surface area contributed by atoms with Crippen molar-refractivity contribution in [3.8, 4) is 11.5 Å². The van der Waals surface area contributed by atoms with Crippen LogP contribution in [0, 0.1) is 0 Å². The Morgan fingerprint density at radius 3 is 2.97 bits per heavy atom. The molecule has 4 rings (SSSR count). The number of carbonyl (C=O) groups is 2. The van der Waals surface area contributed by atoms with Crippen molar-refractivity contribution in [3.05, 3.63) is 57.9 Å². The predicted octanol–water partition coefficient (Wildman–Crippen LogP) is 2.34. The van der Waals surface area contributed by atoms with Crippen LogP contribution in [0.1, 0.15) is 28.3 Å². The number of methoxy groups -OCH3 is 1. The second-order valence-electron chi connectivity index (χ2n) is 6.66. The van der Waals surface area contributed by atoms with Gasteiger partial charge in [-0.15, -0.1) is 11.3 Å². The van der Waals surface area contributed by atoms with Crippen molar-refractivity contribution in [1.82, 2.24) is 9.78 Å². The van der Waals surface area contributed by atoms with Gasteiger partial charge in [0.25, 0.3) is 5.91 Å². The van der Waals surface area contributed by atoms with Gasteiger partial charge in [0.15, 0.2) is 18.1 Å². The average Bonchev–Trinajstić information content (AvgIpc) is 3.36. The van der Waals surface area contributed by atoms with Gasteiger partial charge >= 0.3 is 0 Å². The first-order valence-corrected chi connectivity index (χ1v) is 9.90. The zero-order chi connectivity index (χ0) is 20.4. The Kier molecular flexibility index (Phi) is 5.22. The fourth-order valence-corrected chi connectivity index (χ4v) is 4.09. The van der Waals surface area contributed by atoms with Gasteiger partial charge in [0, 0.05) is 22.8 Å². The molecule has 2 amide bonds. The Bertz CT molecular complexity index is 1040. The minimum absolute atomic E-state index is 0.0779. The summed E-state index contributed by atoms with van der Waals surface area (Å²) < 4.78 is 12.6. The van der Waals surface area contributed by atoms with Gasteiger partial charge in [-0.25, -0.2) is 4.68 Å². The van der Waals surface area contributed by atoms with E-state index in [-0.39, 0.29) is 18.4 Å². The number of nitrogens with one attached hydrogen (secondary N) is 1. The summed E-state index contributed by atoms with van der Waals surface area (Å²) in [5, 5.41) is 9.45. The Balaban J connectivity index is 1.68. The van der Waals surface area contributed by atoms with Crippen LogP contribution in [0.25, 0.3) is 0 Å². The number of carbonyl (C=O) groups excluding carboxylic acids is 2. The van der Waals surface area contributed by atoms with E-state index in [0.717, 1.165) is 16.0 Å². The van der Waals surface area contributed by atoms with Gasteiger partial charge in [-0.05, 0) is 29.1 Å². The summed E-state index contributed by atoms with van der Waals surface area (Å²) in [7, 11) is 1.52. The number of aromatic nitrogens is 2. The molecule has 1 aliphatic heterocycles. The van der Waals surface area contributed by atoms with Crippen LogP contribution in [-0.4, -0.2) is 35.3 Å². The average molecular weight is 412 g/mol. The summed E-state index contributed by atoms with van der Waals surface area (Å²) in [4.78, 5) is 24.7. The molecule has 2 aromatic heterocycles. The highest BCUT2D eigenvalue weighted by molar-refractivity contribution is 7.09. The molecule has 1 aliphatic rings. The molecule has 1 aromatic carbocycles. The SMILES string of the molecule is COc1ccc(C2CC(=O)Nc3c2cnn3Cc2cccs2)cc1OCC(N)=O. The lowest BCUT2D eigenvalue weighted by Crippen LogP contribution is -2.25. The number of primary amides is 1. The van der Waals surface area contributed by atoms with Gasteiger partial charge in [-0.1, -0.05) is 12.1 Å². The zero-order valence-corrected chi connectivity index (χ0v) is 16.6. The summed E-state index contributed by atoms with van der Waals surface area (Å²) in [5.74, 6) is 0.761. The summed E-state index contributed by atoms with van der Waals surface area (Å²) in [6.07, 6.45) is 2.08. The van der Waals surface area contributed by atoms with Gasteiger partial charge in [0.1, 0.15) is 5.82 Å². The first-order chi connectivity index (χ1) is 14.0. The van der Waals surface area contributed by atoms with Crippen molar-refractivity contribution in [2.75, 3.05) is 19.0 Å². The number of nitrogens with zero attached hydrogens (tertiary/aromatic N) is 2. The van der Waals surface area contributed by atoms with Crippen LogP contribution < -0.4 is 20.5 Å². The lowest BCUT2D eigenvalue weighted by atomic mass is 9.87. The first kappa shape index (κ1) is 19.0. The Morgan fingerprint density at radius 1 is 1.38 bits per heavy atom. The lowest BCUT2D eigenvalue weighted by Gasteiger charge is -2.24. The van der Waals surface area contributed by atoms with Gasteiger partial charge in [-0.3, -0.25) is 9.59 Å². The van der Waals surface area contributed by atoms with Crippen LogP contribution >= 0.6 is 11.3 Å². The number of anilines is 1. The monoisotopic (exact) mass is 412 g/mol. The Hall–Kier alpha value is -3.33. The highest BCUT2D eigenvalue weighted by atomic mass is 32.1. The third kappa shape index (κ3) is 3.95. The smallest absolute Gasteiger partial charge is 0.255 e. The number of hydrogen-bond acceptors (Lipinski definition) is 6. The first-order valence-electron chi connectivity index (χ1n) is 9.02. The summed E-state index contributed by atoms with van der Waals surface area (Å²) in [6, 6.07) is 9.45. The number of ether oxygens (including phenoxy) is 2. The minimum Gasteiger partial charge on any atom is -0.493 e. The molecule has 1 unspecified atom stereocenters. The third-order valence-electron chi connectivity index (χ3n) is 4.74. The second-order valence-corrected chi connectivity index (χ2v) is 7.69. The minimum atomic E-state index is -0.577. The fourth-order valence-electron chi connectivity index (χ4n) is 3.41. The molecule has 3 N–H and O–H groups in total. The van der Waals surface area contributed by atoms with E-state index in [0.29, 0.717) is 30.3 Å². The van der Waals surface area contributed by atoms with Gasteiger partial charge in [0.2, 0.25) is 5.91 Å². The van der Waals surface area contributed by atoms with E-state index in [1.54, 1.807) is 34.3 Å². The number of benzene rings is 1. The summed E-state index contributed by atoms with van der Waals surface area (Å²) in [6.45, 7) is 0.338. The maximum atomic E-state index is 12.4. The Morgan fingerprint density at radius 2 is 2.24 bits per heavy atom. The van der Waals surface area contributed by atoms with Gasteiger partial charge in [0.05, 0.1) is 19.9 Å². The van der Waals surface area contributed by atoms with E-state index in [4.69, 9.17) is 15.2 Å². The molecule has 150 valence electrons. The van der Waals surface area contributed by atoms with Crippen molar-refractivity contribution < 1.29 is 19.1 Å². The van der Waals surface area contributed by atoms with Crippen molar-refractivity contribution >= 4 is 29.0 Å². The number of thiophene rings is 1. The van der Waals surface area contributed by atoms with Gasteiger partial charge in [-0.2, -0.15) is 5.10 Å². The van der Waals surface area contributed by atoms with E-state index in [9.17, 15) is 9.59 Å². The number of nitrogens with two attached hydrogens (primary N) is 1. The molecule has 0 radical (unpaired) electrons. The summed E-state index contributed by atoms with van der Waals surface area (Å²) >= 11 is 1.64. The van der Waals surface area contributed by atoms with Crippen LogP contribution in [0.2, 0.25) is 0 Å². The highest BCUT2D eigenvalue weighted by Gasteiger charge is 2.30. The fraction of sp³-hybridized carbons (Fsp3) is 0.250. The molecule has 29 heavy (non-hydrogen) atoms. The molecular weight excluding hydrogens is 392 g/mol. The number of hydrogen-bond donors (Lipinski definition) is 2. The van der Waals surface area contributed by atoms with Crippen molar-refractivity contribution in [2.24, 2.45) is 5.73 Å². The molecule has 0 saturated carbocycles. The van der Waals surface area contributed by atoms with Crippen LogP contribution in [0.4, 0.5) is 5.82 Å². The van der Waals surface area contributed by atoms with Gasteiger partial charge < -0.3 is 20.5 Å². The van der Waals surface area contributed by atoms with Crippen molar-refractivity contribution in [2.45, 2.75) is 18.9 Å². The van der Waals surface area contributed by atoms with E-state index < -0.39 is 5.91 Å². The normalized spacial score (nSPS) is 15.5. The van der Waals surface area contributed by atoms with E-state index >= 15 is 0 Å². The topological polar surface area (TPSA) is 108 Å². The molecule has 0 bridgehead atoms. The molecule has 0 aliphatic carbocycles. The van der Waals surface area contributed by atoms with Crippen LogP contribution in [0.15, 0.2) is 41.9 Å². The molecule has 0 fully saturated rings. The van der Waals surface area contributed by atoms with Crippen LogP contribution in [-0.2, 0) is 16.1 Å². The molecule has 1 atom stereocenters. The Labute approximate surface area is 171 Å². The van der Waals surface area contributed by atoms with Crippen molar-refractivity contribution in [1.29, 1.82) is 0 Å². The predicted molar refractivity (Wildman–Crippen MR) is 108 cm³/mol. The molecular formula is C20H20N4O4S. The molecule has 9 heteroatoms. The maximum absolute atomic E-state index is 12.4. The number of rotatable bonds is 7. The standard InChI is InChI=1S/C20H20N4O4S/c1-27-16-5-4-12(7-17(16)28-11-18(21)25)14-8-19(26)23-20-15(14)9-22-24(20)10-13-3-2-6-29-13/h2-7,9,14H,8,10-11H2,1H3,(H2,21,25)(H,23,26). The molecule has 0 spiro atoms. The molecule has 0 saturated heterocycles. The number of amides is 2. The maximum Gasteiger partial charge on any atom is 0.255 e. The van der Waals surface area contributed by atoms with E-state index in [2.05, 4.69) is 10.4 Å². The largest absolute Gasteiger partial charge is 0.493 e. The van der Waals surface area contributed by atoms with Crippen LogP contribution in [0.3, 0.4) is 0 Å². The molecule has 8 nitrogen and oxygen atoms in total. The zero-order valence-electron chi connectivity index (χ0n) is 15.8. The van der Waals surface area contributed by atoms with E-state index in [1.165, 1.54) is 7.11 Å². The molecule has 3 heterocycles. The third-order valence-corrected chi connectivity index (χ3v) is 5.60. The van der Waals surface area contributed by atoms with Crippen LogP contribution in [0.5, 0.6) is 11.5 Å². The lowest BCUT2D eigenvalue weighted by molar-refractivity contribution is -0.120. The number of fused-ring (bicyclic) bond motifs is 1. The van der Waals surface area contributed by atoms with Crippen molar-refractivity contribution in [3.63, 3.8) is 0 Å².